The molecule has 0 radical (unpaired) electrons. The Kier molecular flexibility index (Phi) is 8.60. The number of imide groups is 1. The van der Waals surface area contributed by atoms with Crippen LogP contribution in [0.15, 0.2) is 36.4 Å². The number of piperazine rings is 1. The largest absolute Gasteiger partial charge is 0.547 e. The summed E-state index contributed by atoms with van der Waals surface area (Å²) in [6.45, 7) is 1.66. The van der Waals surface area contributed by atoms with Crippen molar-refractivity contribution in [1.29, 1.82) is 0 Å². The van der Waals surface area contributed by atoms with Gasteiger partial charge in [-0.2, -0.15) is 0 Å². The average molecular weight is 597 g/mol. The van der Waals surface area contributed by atoms with E-state index in [0.717, 1.165) is 18.2 Å². The van der Waals surface area contributed by atoms with E-state index in [1.54, 1.807) is 6.92 Å². The van der Waals surface area contributed by atoms with Crippen LogP contribution < -0.4 is 15.3 Å². The van der Waals surface area contributed by atoms with Crippen molar-refractivity contribution in [3.8, 4) is 5.75 Å². The van der Waals surface area contributed by atoms with Gasteiger partial charge in [-0.3, -0.25) is 29.4 Å². The van der Waals surface area contributed by atoms with E-state index in [2.05, 4.69) is 10.6 Å². The smallest absolute Gasteiger partial charge is 0.534 e. The molecule has 2 atom stereocenters. The second kappa shape index (κ2) is 12.2. The van der Waals surface area contributed by atoms with Crippen molar-refractivity contribution in [2.24, 2.45) is 0 Å². The molecule has 2 heterocycles. The number of fused-ring (bicyclic) bond motifs is 1. The first kappa shape index (κ1) is 30.4. The number of aromatic carboxylic acids is 2. The maximum atomic E-state index is 13.6. The molecule has 5 N–H and O–H groups in total. The normalized spacial score (nSPS) is 17.0. The van der Waals surface area contributed by atoms with Crippen LogP contribution in [0.2, 0.25) is 0 Å². The summed E-state index contributed by atoms with van der Waals surface area (Å²) in [6, 6.07) is 3.90. The second-order valence-electron chi connectivity index (χ2n) is 9.49. The molecule has 2 aromatic rings. The number of carboxylic acids is 2. The Morgan fingerprint density at radius 1 is 1.09 bits per heavy atom. The maximum absolute atomic E-state index is 13.6. The Balaban J connectivity index is 1.66. The molecular weight excluding hydrogens is 573 g/mol. The fourth-order valence-corrected chi connectivity index (χ4v) is 4.71. The zero-order valence-electron chi connectivity index (χ0n) is 22.4. The van der Waals surface area contributed by atoms with Crippen LogP contribution in [0.25, 0.3) is 0 Å². The first-order valence-electron chi connectivity index (χ1n) is 12.8. The van der Waals surface area contributed by atoms with E-state index < -0.39 is 71.0 Å². The maximum Gasteiger partial charge on any atom is 0.547 e. The molecule has 18 heteroatoms. The van der Waals surface area contributed by atoms with Crippen LogP contribution in [-0.2, 0) is 20.8 Å². The van der Waals surface area contributed by atoms with Crippen molar-refractivity contribution in [1.82, 2.24) is 20.4 Å². The number of likely N-dealkylation sites (N-methyl/N-ethyl adjacent to an activating group) is 1. The van der Waals surface area contributed by atoms with E-state index in [-0.39, 0.29) is 42.9 Å². The fourth-order valence-electron chi connectivity index (χ4n) is 4.71. The zero-order chi connectivity index (χ0) is 31.6. The van der Waals surface area contributed by atoms with E-state index >= 15 is 0 Å². The molecular formula is C25H24BN5O12. The molecule has 4 rings (SSSR count). The molecule has 1 unspecified atom stereocenters. The summed E-state index contributed by atoms with van der Waals surface area (Å²) < 4.78 is 5.36. The number of hydrogen-bond acceptors (Lipinski definition) is 10. The van der Waals surface area contributed by atoms with E-state index in [4.69, 9.17) is 4.65 Å². The monoisotopic (exact) mass is 597 g/mol. The van der Waals surface area contributed by atoms with Gasteiger partial charge < -0.3 is 35.4 Å². The third-order valence-electron chi connectivity index (χ3n) is 6.93. The van der Waals surface area contributed by atoms with Crippen LogP contribution >= 0.6 is 0 Å². The lowest BCUT2D eigenvalue weighted by Gasteiger charge is -2.33. The van der Waals surface area contributed by atoms with Crippen LogP contribution in [-0.4, -0.2) is 98.3 Å². The Labute approximate surface area is 242 Å². The summed E-state index contributed by atoms with van der Waals surface area (Å²) in [5.41, 5.74) is -1.74. The van der Waals surface area contributed by atoms with Crippen LogP contribution in [0.4, 0.5) is 10.5 Å². The number of nitrogens with zero attached hydrogens (tertiary/aromatic N) is 3. The Hall–Kier alpha value is -5.52. The molecule has 0 bridgehead atoms. The lowest BCUT2D eigenvalue weighted by atomic mass is 9.72. The highest BCUT2D eigenvalue weighted by Gasteiger charge is 2.41. The third kappa shape index (κ3) is 6.08. The number of hydrogen-bond donors (Lipinski definition) is 5. The Morgan fingerprint density at radius 3 is 2.42 bits per heavy atom. The van der Waals surface area contributed by atoms with E-state index in [0.29, 0.717) is 10.5 Å². The number of rotatable bonds is 8. The number of carbonyl (C=O) groups is 6. The second-order valence-corrected chi connectivity index (χ2v) is 9.49. The highest BCUT2D eigenvalue weighted by Crippen LogP contribution is 2.31. The molecule has 1 saturated heterocycles. The molecule has 1 fully saturated rings. The van der Waals surface area contributed by atoms with Crippen molar-refractivity contribution >= 4 is 48.5 Å². The molecule has 0 aliphatic carbocycles. The van der Waals surface area contributed by atoms with Crippen LogP contribution in [0.5, 0.6) is 5.75 Å². The molecule has 17 nitrogen and oxygen atoms in total. The van der Waals surface area contributed by atoms with Gasteiger partial charge in [0.2, 0.25) is 5.91 Å². The lowest BCUT2D eigenvalue weighted by Crippen LogP contribution is -2.60. The van der Waals surface area contributed by atoms with Crippen LogP contribution in [0, 0.1) is 10.1 Å². The van der Waals surface area contributed by atoms with Crippen molar-refractivity contribution in [2.45, 2.75) is 25.3 Å². The van der Waals surface area contributed by atoms with Crippen molar-refractivity contribution in [3.63, 3.8) is 0 Å². The summed E-state index contributed by atoms with van der Waals surface area (Å²) in [6.07, 6.45) is -0.117. The van der Waals surface area contributed by atoms with Gasteiger partial charge >= 0.3 is 36.9 Å². The van der Waals surface area contributed by atoms with Gasteiger partial charge in [-0.05, 0) is 36.6 Å². The SMILES string of the molecule is CCN1CCN(C(=O)NC(C(=O)N[C@H]2Cc3cccc(C(=O)O)c3OB2O)c2ccc(C(=O)O)c([N+](=O)[O-])c2)C(=O)C1=O. The average Bonchev–Trinajstić information content (AvgIpc) is 2.96. The molecule has 2 aliphatic heterocycles. The number of carboxylic acid groups (broad SMARTS) is 2. The number of benzene rings is 2. The van der Waals surface area contributed by atoms with Crippen molar-refractivity contribution in [3.05, 3.63) is 68.8 Å². The van der Waals surface area contributed by atoms with Gasteiger partial charge in [0.1, 0.15) is 17.4 Å². The number of urea groups is 1. The minimum Gasteiger partial charge on any atom is -0.534 e. The van der Waals surface area contributed by atoms with E-state index in [9.17, 15) is 54.1 Å². The highest BCUT2D eigenvalue weighted by molar-refractivity contribution is 6.47. The van der Waals surface area contributed by atoms with Crippen LogP contribution in [0.3, 0.4) is 0 Å². The van der Waals surface area contributed by atoms with Gasteiger partial charge in [-0.25, -0.2) is 14.4 Å². The van der Waals surface area contributed by atoms with Crippen molar-refractivity contribution in [2.75, 3.05) is 19.6 Å². The van der Waals surface area contributed by atoms with Gasteiger partial charge in [0.05, 0.1) is 16.4 Å². The summed E-state index contributed by atoms with van der Waals surface area (Å²) in [4.78, 5) is 87.0. The first-order valence-corrected chi connectivity index (χ1v) is 12.8. The lowest BCUT2D eigenvalue weighted by molar-refractivity contribution is -0.385. The Morgan fingerprint density at radius 2 is 1.79 bits per heavy atom. The summed E-state index contributed by atoms with van der Waals surface area (Å²) in [7, 11) is -1.75. The van der Waals surface area contributed by atoms with E-state index in [1.165, 1.54) is 23.1 Å². The van der Waals surface area contributed by atoms with Gasteiger partial charge in [-0.1, -0.05) is 18.2 Å². The van der Waals surface area contributed by atoms with E-state index in [1.807, 2.05) is 0 Å². The van der Waals surface area contributed by atoms with Gasteiger partial charge in [0.25, 0.3) is 5.69 Å². The van der Waals surface area contributed by atoms with Gasteiger partial charge in [0.15, 0.2) is 0 Å². The topological polar surface area (TPSA) is 246 Å². The number of nitro groups is 1. The standard InChI is InChI=1S/C25H24BN5O12/c1-2-29-8-9-30(22(34)21(29)33)25(39)28-18(12-6-7-14(23(35)36)16(10-12)31(41)42)20(32)27-17-11-13-4-3-5-15(24(37)38)19(13)43-26(17)40/h3-7,10,17-18,40H,2,8-9,11H2,1H3,(H,27,32)(H,28,39)(H,35,36)(H,37,38)/t17-,18?/m0/s1. The van der Waals surface area contributed by atoms with Crippen molar-refractivity contribution < 1.29 is 53.6 Å². The minimum absolute atomic E-state index is 0.0213. The minimum atomic E-state index is -1.79. The zero-order valence-corrected chi connectivity index (χ0v) is 22.4. The molecule has 2 aromatic carbocycles. The summed E-state index contributed by atoms with van der Waals surface area (Å²) in [5, 5.41) is 45.6. The number of amides is 5. The Bertz CT molecular complexity index is 1550. The van der Waals surface area contributed by atoms with Crippen LogP contribution in [0.1, 0.15) is 44.8 Å². The first-order chi connectivity index (χ1) is 20.3. The molecule has 0 saturated carbocycles. The number of carbonyl (C=O) groups excluding carboxylic acids is 4. The molecule has 5 amide bonds. The van der Waals surface area contributed by atoms with Gasteiger partial charge in [0, 0.05) is 25.7 Å². The number of nitro benzene ring substituents is 1. The number of nitrogens with one attached hydrogen (secondary N) is 2. The van der Waals surface area contributed by atoms with Gasteiger partial charge in [-0.15, -0.1) is 0 Å². The summed E-state index contributed by atoms with van der Waals surface area (Å²) >= 11 is 0. The predicted molar refractivity (Wildman–Crippen MR) is 143 cm³/mol. The quantitative estimate of drug-likeness (QED) is 0.113. The third-order valence-corrected chi connectivity index (χ3v) is 6.93. The fraction of sp³-hybridized carbons (Fsp3) is 0.280. The summed E-state index contributed by atoms with van der Waals surface area (Å²) in [5.74, 6) is -7.41. The molecule has 0 spiro atoms. The molecule has 0 aromatic heterocycles. The highest BCUT2D eigenvalue weighted by atomic mass is 16.6. The predicted octanol–water partition coefficient (Wildman–Crippen LogP) is -0.428. The molecule has 224 valence electrons. The molecule has 2 aliphatic rings. The number of para-hydroxylation sites is 1. The molecule has 43 heavy (non-hydrogen) atoms.